The standard InChI is InChI=1S/C16H19FO5/c1-19-16(18)13(10-20-11-17)12-6-2-3-7-14(12)22-15-8-4-5-9-21-15/h2-3,6-7,10,15H,4-5,8-9,11H2,1H3/b13-10+. The average molecular weight is 310 g/mol. The van der Waals surface area contributed by atoms with E-state index < -0.39 is 12.8 Å². The summed E-state index contributed by atoms with van der Waals surface area (Å²) in [6.45, 7) is -0.382. The van der Waals surface area contributed by atoms with Crippen LogP contribution in [0.25, 0.3) is 5.57 Å². The number of carbonyl (C=O) groups is 1. The van der Waals surface area contributed by atoms with Crippen molar-refractivity contribution in [1.29, 1.82) is 0 Å². The van der Waals surface area contributed by atoms with Crippen LogP contribution in [0.3, 0.4) is 0 Å². The number of hydrogen-bond acceptors (Lipinski definition) is 5. The van der Waals surface area contributed by atoms with Crippen molar-refractivity contribution in [2.75, 3.05) is 20.6 Å². The van der Waals surface area contributed by atoms with Gasteiger partial charge in [-0.15, -0.1) is 0 Å². The second kappa shape index (κ2) is 8.38. The van der Waals surface area contributed by atoms with Crippen molar-refractivity contribution in [2.24, 2.45) is 0 Å². The van der Waals surface area contributed by atoms with Crippen molar-refractivity contribution in [3.8, 4) is 5.75 Å². The first-order valence-corrected chi connectivity index (χ1v) is 7.10. The van der Waals surface area contributed by atoms with Crippen LogP contribution in [0.15, 0.2) is 30.5 Å². The maximum absolute atomic E-state index is 12.2. The van der Waals surface area contributed by atoms with E-state index >= 15 is 0 Å². The molecule has 0 aliphatic carbocycles. The maximum Gasteiger partial charge on any atom is 0.341 e. The van der Waals surface area contributed by atoms with E-state index in [-0.39, 0.29) is 11.9 Å². The predicted octanol–water partition coefficient (Wildman–Crippen LogP) is 3.05. The highest BCUT2D eigenvalue weighted by Crippen LogP contribution is 2.29. The van der Waals surface area contributed by atoms with Gasteiger partial charge in [-0.1, -0.05) is 18.2 Å². The van der Waals surface area contributed by atoms with Gasteiger partial charge in [-0.2, -0.15) is 0 Å². The van der Waals surface area contributed by atoms with Gasteiger partial charge in [0.1, 0.15) is 17.6 Å². The lowest BCUT2D eigenvalue weighted by Gasteiger charge is -2.24. The summed E-state index contributed by atoms with van der Waals surface area (Å²) in [6, 6.07) is 6.94. The van der Waals surface area contributed by atoms with E-state index in [2.05, 4.69) is 4.74 Å². The first-order chi connectivity index (χ1) is 10.8. The van der Waals surface area contributed by atoms with Gasteiger partial charge in [0.2, 0.25) is 6.86 Å². The molecule has 2 rings (SSSR count). The quantitative estimate of drug-likeness (QED) is 0.459. The molecule has 1 unspecified atom stereocenters. The molecule has 1 fully saturated rings. The van der Waals surface area contributed by atoms with E-state index in [1.165, 1.54) is 7.11 Å². The molecule has 1 heterocycles. The van der Waals surface area contributed by atoms with Crippen LogP contribution in [0, 0.1) is 0 Å². The number of hydrogen-bond donors (Lipinski definition) is 0. The smallest absolute Gasteiger partial charge is 0.341 e. The van der Waals surface area contributed by atoms with E-state index in [1.54, 1.807) is 24.3 Å². The predicted molar refractivity (Wildman–Crippen MR) is 77.7 cm³/mol. The number of ether oxygens (including phenoxy) is 4. The molecule has 1 atom stereocenters. The van der Waals surface area contributed by atoms with E-state index in [0.717, 1.165) is 25.5 Å². The summed E-state index contributed by atoms with van der Waals surface area (Å²) in [6.07, 6.45) is 3.51. The van der Waals surface area contributed by atoms with Crippen LogP contribution < -0.4 is 4.74 Å². The van der Waals surface area contributed by atoms with Crippen LogP contribution in [0.2, 0.25) is 0 Å². The van der Waals surface area contributed by atoms with Gasteiger partial charge in [-0.3, -0.25) is 0 Å². The number of rotatable bonds is 6. The molecule has 1 aromatic rings. The van der Waals surface area contributed by atoms with Crippen molar-refractivity contribution in [3.63, 3.8) is 0 Å². The molecule has 0 bridgehead atoms. The topological polar surface area (TPSA) is 54.0 Å². The molecule has 6 heteroatoms. The van der Waals surface area contributed by atoms with Gasteiger partial charge in [0.15, 0.2) is 6.29 Å². The minimum Gasteiger partial charge on any atom is -0.470 e. The summed E-state index contributed by atoms with van der Waals surface area (Å²) >= 11 is 0. The van der Waals surface area contributed by atoms with Gasteiger partial charge < -0.3 is 18.9 Å². The van der Waals surface area contributed by atoms with Crippen LogP contribution in [-0.4, -0.2) is 32.8 Å². The Balaban J connectivity index is 2.26. The fourth-order valence-electron chi connectivity index (χ4n) is 2.18. The molecule has 0 N–H and O–H groups in total. The molecule has 1 saturated heterocycles. The minimum absolute atomic E-state index is 0.0894. The zero-order chi connectivity index (χ0) is 15.8. The van der Waals surface area contributed by atoms with Crippen LogP contribution in [-0.2, 0) is 19.0 Å². The van der Waals surface area contributed by atoms with Crippen molar-refractivity contribution in [3.05, 3.63) is 36.1 Å². The number of benzene rings is 1. The Hall–Kier alpha value is -2.08. The third-order valence-corrected chi connectivity index (χ3v) is 3.24. The number of para-hydroxylation sites is 1. The Morgan fingerprint density at radius 2 is 2.23 bits per heavy atom. The van der Waals surface area contributed by atoms with Gasteiger partial charge in [0.25, 0.3) is 0 Å². The maximum atomic E-state index is 12.2. The van der Waals surface area contributed by atoms with Gasteiger partial charge in [0, 0.05) is 12.0 Å². The molecule has 0 radical (unpaired) electrons. The molecule has 1 aliphatic rings. The average Bonchev–Trinajstić information content (AvgIpc) is 2.57. The SMILES string of the molecule is COC(=O)/C(=C/OCF)c1ccccc1OC1CCCCO1. The fraction of sp³-hybridized carbons (Fsp3) is 0.438. The minimum atomic E-state index is -1.03. The Kier molecular flexibility index (Phi) is 6.21. The van der Waals surface area contributed by atoms with E-state index in [4.69, 9.17) is 14.2 Å². The summed E-state index contributed by atoms with van der Waals surface area (Å²) in [5.74, 6) is -0.164. The van der Waals surface area contributed by atoms with Crippen molar-refractivity contribution in [1.82, 2.24) is 0 Å². The molecule has 0 amide bonds. The number of esters is 1. The lowest BCUT2D eigenvalue weighted by molar-refractivity contribution is -0.133. The van der Waals surface area contributed by atoms with E-state index in [0.29, 0.717) is 17.9 Å². The number of carbonyl (C=O) groups excluding carboxylic acids is 1. The highest BCUT2D eigenvalue weighted by atomic mass is 19.1. The van der Waals surface area contributed by atoms with Gasteiger partial charge in [-0.05, 0) is 18.9 Å². The summed E-state index contributed by atoms with van der Waals surface area (Å²) in [4.78, 5) is 11.9. The second-order valence-electron chi connectivity index (χ2n) is 4.71. The largest absolute Gasteiger partial charge is 0.470 e. The van der Waals surface area contributed by atoms with Gasteiger partial charge in [0.05, 0.1) is 13.7 Å². The third kappa shape index (κ3) is 4.21. The molecule has 5 nitrogen and oxygen atoms in total. The summed E-state index contributed by atoms with van der Waals surface area (Å²) in [5.41, 5.74) is 0.559. The normalized spacial score (nSPS) is 18.6. The summed E-state index contributed by atoms with van der Waals surface area (Å²) in [7, 11) is 1.25. The highest BCUT2D eigenvalue weighted by molar-refractivity contribution is 6.16. The molecule has 0 aromatic heterocycles. The molecule has 22 heavy (non-hydrogen) atoms. The second-order valence-corrected chi connectivity index (χ2v) is 4.71. The highest BCUT2D eigenvalue weighted by Gasteiger charge is 2.21. The molecular formula is C16H19FO5. The Morgan fingerprint density at radius 1 is 1.41 bits per heavy atom. The zero-order valence-electron chi connectivity index (χ0n) is 12.4. The Morgan fingerprint density at radius 3 is 2.91 bits per heavy atom. The summed E-state index contributed by atoms with van der Waals surface area (Å²) < 4.78 is 32.9. The van der Waals surface area contributed by atoms with Crippen LogP contribution >= 0.6 is 0 Å². The monoisotopic (exact) mass is 310 g/mol. The van der Waals surface area contributed by atoms with E-state index in [1.807, 2.05) is 0 Å². The fourth-order valence-corrected chi connectivity index (χ4v) is 2.18. The number of alkyl halides is 1. The molecular weight excluding hydrogens is 291 g/mol. The number of halogens is 1. The number of methoxy groups -OCH3 is 1. The van der Waals surface area contributed by atoms with Gasteiger partial charge in [-0.25, -0.2) is 9.18 Å². The van der Waals surface area contributed by atoms with Crippen molar-refractivity contribution < 1.29 is 28.1 Å². The van der Waals surface area contributed by atoms with Crippen molar-refractivity contribution in [2.45, 2.75) is 25.6 Å². The van der Waals surface area contributed by atoms with Gasteiger partial charge >= 0.3 is 5.97 Å². The Labute approximate surface area is 128 Å². The first-order valence-electron chi connectivity index (χ1n) is 7.10. The van der Waals surface area contributed by atoms with Crippen LogP contribution in [0.1, 0.15) is 24.8 Å². The molecule has 0 spiro atoms. The Bertz CT molecular complexity index is 523. The van der Waals surface area contributed by atoms with Crippen LogP contribution in [0.4, 0.5) is 4.39 Å². The zero-order valence-corrected chi connectivity index (χ0v) is 12.4. The molecule has 0 saturated carbocycles. The molecule has 120 valence electrons. The van der Waals surface area contributed by atoms with Crippen molar-refractivity contribution >= 4 is 11.5 Å². The first kappa shape index (κ1) is 16.3. The lowest BCUT2D eigenvalue weighted by Crippen LogP contribution is -2.25. The van der Waals surface area contributed by atoms with Crippen LogP contribution in [0.5, 0.6) is 5.75 Å². The lowest BCUT2D eigenvalue weighted by atomic mass is 10.1. The van der Waals surface area contributed by atoms with E-state index in [9.17, 15) is 9.18 Å². The molecule has 1 aliphatic heterocycles. The third-order valence-electron chi connectivity index (χ3n) is 3.24. The molecule has 1 aromatic carbocycles. The summed E-state index contributed by atoms with van der Waals surface area (Å²) in [5, 5.41) is 0.